The number of nitrogens with one attached hydrogen (secondary N) is 1. The van der Waals surface area contributed by atoms with Crippen molar-refractivity contribution in [2.75, 3.05) is 19.4 Å². The average Bonchev–Trinajstić information content (AvgIpc) is 2.17. The number of rotatable bonds is 4. The molecular formula is C11H16N2O2. The minimum absolute atomic E-state index is 0.0171. The summed E-state index contributed by atoms with van der Waals surface area (Å²) in [7, 11) is 1.59. The summed E-state index contributed by atoms with van der Waals surface area (Å²) in [5.41, 5.74) is 7.46. The lowest BCUT2D eigenvalue weighted by Crippen LogP contribution is -2.22. The van der Waals surface area contributed by atoms with Crippen molar-refractivity contribution in [3.05, 3.63) is 23.8 Å². The molecule has 0 bridgehead atoms. The molecule has 0 saturated carbocycles. The Bertz CT molecular complexity index is 350. The molecule has 0 spiro atoms. The maximum absolute atomic E-state index is 10.6. The van der Waals surface area contributed by atoms with E-state index in [-0.39, 0.29) is 5.91 Å². The van der Waals surface area contributed by atoms with Crippen LogP contribution in [0.15, 0.2) is 18.2 Å². The number of amides is 1. The highest BCUT2D eigenvalue weighted by Crippen LogP contribution is 2.21. The van der Waals surface area contributed by atoms with Crippen LogP contribution in [0, 0.1) is 0 Å². The smallest absolute Gasteiger partial charge is 0.216 e. The Morgan fingerprint density at radius 1 is 1.53 bits per heavy atom. The van der Waals surface area contributed by atoms with E-state index < -0.39 is 0 Å². The molecule has 1 aromatic rings. The second-order valence-corrected chi connectivity index (χ2v) is 3.31. The number of anilines is 1. The van der Waals surface area contributed by atoms with Gasteiger partial charge in [0.2, 0.25) is 5.91 Å². The zero-order valence-corrected chi connectivity index (χ0v) is 9.04. The summed E-state index contributed by atoms with van der Waals surface area (Å²) in [6, 6.07) is 5.64. The van der Waals surface area contributed by atoms with Gasteiger partial charge >= 0.3 is 0 Å². The normalized spacial score (nSPS) is 9.73. The summed E-state index contributed by atoms with van der Waals surface area (Å²) in [6.07, 6.45) is 0.772. The fourth-order valence-electron chi connectivity index (χ4n) is 1.32. The Morgan fingerprint density at radius 2 is 2.27 bits per heavy atom. The molecule has 3 N–H and O–H groups in total. The van der Waals surface area contributed by atoms with Crippen LogP contribution in [0.3, 0.4) is 0 Å². The Hall–Kier alpha value is -1.71. The second kappa shape index (κ2) is 5.24. The molecule has 0 unspecified atom stereocenters. The van der Waals surface area contributed by atoms with E-state index in [9.17, 15) is 4.79 Å². The van der Waals surface area contributed by atoms with E-state index in [4.69, 9.17) is 10.5 Å². The molecule has 0 heterocycles. The van der Waals surface area contributed by atoms with E-state index in [0.29, 0.717) is 18.0 Å². The Kier molecular flexibility index (Phi) is 3.97. The van der Waals surface area contributed by atoms with Crippen molar-refractivity contribution in [2.45, 2.75) is 13.3 Å². The van der Waals surface area contributed by atoms with Gasteiger partial charge in [-0.3, -0.25) is 4.79 Å². The van der Waals surface area contributed by atoms with Crippen molar-refractivity contribution in [2.24, 2.45) is 0 Å². The molecular weight excluding hydrogens is 192 g/mol. The van der Waals surface area contributed by atoms with Crippen LogP contribution in [0.25, 0.3) is 0 Å². The lowest BCUT2D eigenvalue weighted by molar-refractivity contribution is -0.118. The van der Waals surface area contributed by atoms with Crippen molar-refractivity contribution >= 4 is 11.6 Å². The number of nitrogen functional groups attached to an aromatic ring is 1. The first-order valence-corrected chi connectivity index (χ1v) is 4.80. The first-order chi connectivity index (χ1) is 7.13. The summed E-state index contributed by atoms with van der Waals surface area (Å²) in [6.45, 7) is 2.13. The highest BCUT2D eigenvalue weighted by molar-refractivity contribution is 5.72. The predicted octanol–water partition coefficient (Wildman–Crippen LogP) is 0.956. The molecule has 0 aromatic heterocycles. The van der Waals surface area contributed by atoms with Gasteiger partial charge in [-0.05, 0) is 24.1 Å². The molecule has 1 amide bonds. The number of ether oxygens (including phenoxy) is 1. The lowest BCUT2D eigenvalue weighted by atomic mass is 10.1. The van der Waals surface area contributed by atoms with Gasteiger partial charge in [0.1, 0.15) is 5.75 Å². The molecule has 0 atom stereocenters. The summed E-state index contributed by atoms with van der Waals surface area (Å²) in [4.78, 5) is 10.6. The fourth-order valence-corrected chi connectivity index (χ4v) is 1.32. The molecule has 0 saturated heterocycles. The zero-order valence-electron chi connectivity index (χ0n) is 9.04. The molecule has 0 aliphatic rings. The Labute approximate surface area is 89.4 Å². The summed E-state index contributed by atoms with van der Waals surface area (Å²) >= 11 is 0. The predicted molar refractivity (Wildman–Crippen MR) is 59.8 cm³/mol. The van der Waals surface area contributed by atoms with E-state index in [1.165, 1.54) is 6.92 Å². The first-order valence-electron chi connectivity index (χ1n) is 4.80. The number of nitrogens with two attached hydrogens (primary N) is 1. The SMILES string of the molecule is COc1ccc(CCNC(C)=O)cc1N. The van der Waals surface area contributed by atoms with Crippen LogP contribution in [-0.2, 0) is 11.2 Å². The van der Waals surface area contributed by atoms with Gasteiger partial charge in [0, 0.05) is 13.5 Å². The maximum atomic E-state index is 10.6. The van der Waals surface area contributed by atoms with E-state index >= 15 is 0 Å². The van der Waals surface area contributed by atoms with Crippen LogP contribution in [-0.4, -0.2) is 19.6 Å². The van der Waals surface area contributed by atoms with E-state index in [0.717, 1.165) is 12.0 Å². The summed E-state index contributed by atoms with van der Waals surface area (Å²) in [5.74, 6) is 0.662. The van der Waals surface area contributed by atoms with Gasteiger partial charge < -0.3 is 15.8 Å². The fraction of sp³-hybridized carbons (Fsp3) is 0.364. The maximum Gasteiger partial charge on any atom is 0.216 e. The molecule has 0 radical (unpaired) electrons. The summed E-state index contributed by atoms with van der Waals surface area (Å²) in [5, 5.41) is 2.73. The van der Waals surface area contributed by atoms with Gasteiger partial charge in [0.25, 0.3) is 0 Å². The van der Waals surface area contributed by atoms with Crippen molar-refractivity contribution in [1.82, 2.24) is 5.32 Å². The third kappa shape index (κ3) is 3.50. The van der Waals surface area contributed by atoms with Crippen LogP contribution >= 0.6 is 0 Å². The third-order valence-electron chi connectivity index (χ3n) is 2.08. The molecule has 4 heteroatoms. The standard InChI is InChI=1S/C11H16N2O2/c1-8(14)13-6-5-9-3-4-11(15-2)10(12)7-9/h3-4,7H,5-6,12H2,1-2H3,(H,13,14). The van der Waals surface area contributed by atoms with Gasteiger partial charge in [-0.15, -0.1) is 0 Å². The minimum atomic E-state index is -0.0171. The van der Waals surface area contributed by atoms with Crippen LogP contribution in [0.5, 0.6) is 5.75 Å². The molecule has 1 aromatic carbocycles. The molecule has 0 aliphatic heterocycles. The van der Waals surface area contributed by atoms with Gasteiger partial charge in [-0.1, -0.05) is 6.07 Å². The third-order valence-corrected chi connectivity index (χ3v) is 2.08. The van der Waals surface area contributed by atoms with E-state index in [1.54, 1.807) is 7.11 Å². The van der Waals surface area contributed by atoms with Crippen LogP contribution in [0.4, 0.5) is 5.69 Å². The molecule has 15 heavy (non-hydrogen) atoms. The molecule has 4 nitrogen and oxygen atoms in total. The van der Waals surface area contributed by atoms with Crippen molar-refractivity contribution in [3.63, 3.8) is 0 Å². The Balaban J connectivity index is 2.55. The number of hydrogen-bond donors (Lipinski definition) is 2. The second-order valence-electron chi connectivity index (χ2n) is 3.31. The van der Waals surface area contributed by atoms with Crippen LogP contribution in [0.2, 0.25) is 0 Å². The molecule has 1 rings (SSSR count). The van der Waals surface area contributed by atoms with Crippen molar-refractivity contribution in [1.29, 1.82) is 0 Å². The number of carbonyl (C=O) groups excluding carboxylic acids is 1. The van der Waals surface area contributed by atoms with E-state index in [1.807, 2.05) is 18.2 Å². The monoisotopic (exact) mass is 208 g/mol. The van der Waals surface area contributed by atoms with Gasteiger partial charge in [-0.2, -0.15) is 0 Å². The topological polar surface area (TPSA) is 64.3 Å². The quantitative estimate of drug-likeness (QED) is 0.724. The van der Waals surface area contributed by atoms with Crippen molar-refractivity contribution < 1.29 is 9.53 Å². The molecule has 82 valence electrons. The largest absolute Gasteiger partial charge is 0.495 e. The number of carbonyl (C=O) groups is 1. The first kappa shape index (κ1) is 11.4. The van der Waals surface area contributed by atoms with Crippen LogP contribution < -0.4 is 15.8 Å². The van der Waals surface area contributed by atoms with Gasteiger partial charge in [0.05, 0.1) is 12.8 Å². The zero-order chi connectivity index (χ0) is 11.3. The highest BCUT2D eigenvalue weighted by Gasteiger charge is 2.00. The van der Waals surface area contributed by atoms with Gasteiger partial charge in [0.15, 0.2) is 0 Å². The summed E-state index contributed by atoms with van der Waals surface area (Å²) < 4.78 is 5.05. The van der Waals surface area contributed by atoms with Gasteiger partial charge in [-0.25, -0.2) is 0 Å². The van der Waals surface area contributed by atoms with Crippen molar-refractivity contribution in [3.8, 4) is 5.75 Å². The average molecular weight is 208 g/mol. The van der Waals surface area contributed by atoms with E-state index in [2.05, 4.69) is 5.32 Å². The number of methoxy groups -OCH3 is 1. The minimum Gasteiger partial charge on any atom is -0.495 e. The number of benzene rings is 1. The number of hydrogen-bond acceptors (Lipinski definition) is 3. The van der Waals surface area contributed by atoms with Crippen LogP contribution in [0.1, 0.15) is 12.5 Å². The molecule has 0 aliphatic carbocycles. The molecule has 0 fully saturated rings. The highest BCUT2D eigenvalue weighted by atomic mass is 16.5. The lowest BCUT2D eigenvalue weighted by Gasteiger charge is -2.07. The Morgan fingerprint density at radius 3 is 2.80 bits per heavy atom.